The third-order valence-corrected chi connectivity index (χ3v) is 5.78. The summed E-state index contributed by atoms with van der Waals surface area (Å²) in [5.41, 5.74) is 3.93. The Morgan fingerprint density at radius 2 is 1.35 bits per heavy atom. The van der Waals surface area contributed by atoms with Crippen LogP contribution in [0.15, 0.2) is 48.5 Å². The molecule has 2 aromatic rings. The molecule has 23 heavy (non-hydrogen) atoms. The predicted octanol–water partition coefficient (Wildman–Crippen LogP) is 4.86. The molecule has 0 heterocycles. The first-order valence-corrected chi connectivity index (χ1v) is 11.9. The summed E-state index contributed by atoms with van der Waals surface area (Å²) in [4.78, 5) is 14.6. The Kier molecular flexibility index (Phi) is 5.42. The van der Waals surface area contributed by atoms with Crippen molar-refractivity contribution in [2.75, 3.05) is 19.0 Å². The van der Waals surface area contributed by atoms with Gasteiger partial charge in [-0.3, -0.25) is 4.79 Å². The second kappa shape index (κ2) is 7.13. The summed E-state index contributed by atoms with van der Waals surface area (Å²) in [5, 5.41) is 0. The molecule has 0 fully saturated rings. The molecule has 0 saturated carbocycles. The normalized spacial score (nSPS) is 11.3. The van der Waals surface area contributed by atoms with Crippen molar-refractivity contribution in [1.82, 2.24) is 0 Å². The van der Waals surface area contributed by atoms with Gasteiger partial charge in [-0.1, -0.05) is 50.0 Å². The van der Waals surface area contributed by atoms with Gasteiger partial charge in [-0.2, -0.15) is 0 Å². The molecule has 0 aliphatic rings. The number of anilines is 1. The van der Waals surface area contributed by atoms with Crippen LogP contribution in [0, 0.1) is 0 Å². The first-order chi connectivity index (χ1) is 10.8. The molecular weight excluding hydrogens is 298 g/mol. The molecule has 3 heteroatoms. The number of carbonyl (C=O) groups is 1. The van der Waals surface area contributed by atoms with Gasteiger partial charge in [0.1, 0.15) is 0 Å². The lowest BCUT2D eigenvalue weighted by Crippen LogP contribution is -2.19. The van der Waals surface area contributed by atoms with E-state index in [-0.39, 0.29) is 5.78 Å². The molecule has 122 valence electrons. The fourth-order valence-corrected chi connectivity index (χ4v) is 3.46. The van der Waals surface area contributed by atoms with Gasteiger partial charge in [0.2, 0.25) is 0 Å². The van der Waals surface area contributed by atoms with Gasteiger partial charge >= 0.3 is 0 Å². The SMILES string of the molecule is CN(C)c1ccc(C(=O)c2ccc(CC[Si](C)(C)C)cc2)cc1. The maximum atomic E-state index is 12.5. The number of benzene rings is 2. The lowest BCUT2D eigenvalue weighted by Gasteiger charge is -2.15. The summed E-state index contributed by atoms with van der Waals surface area (Å²) < 4.78 is 0. The lowest BCUT2D eigenvalue weighted by atomic mass is 10.0. The monoisotopic (exact) mass is 325 g/mol. The van der Waals surface area contributed by atoms with Crippen molar-refractivity contribution >= 4 is 19.5 Å². The second-order valence-corrected chi connectivity index (χ2v) is 13.1. The highest BCUT2D eigenvalue weighted by Crippen LogP contribution is 2.18. The van der Waals surface area contributed by atoms with Crippen LogP contribution in [0.1, 0.15) is 21.5 Å². The molecule has 0 aliphatic heterocycles. The first kappa shape index (κ1) is 17.5. The van der Waals surface area contributed by atoms with Crippen LogP contribution in [-0.2, 0) is 6.42 Å². The minimum Gasteiger partial charge on any atom is -0.378 e. The Labute approximate surface area is 141 Å². The van der Waals surface area contributed by atoms with Crippen molar-refractivity contribution in [3.8, 4) is 0 Å². The van der Waals surface area contributed by atoms with Gasteiger partial charge in [-0.25, -0.2) is 0 Å². The lowest BCUT2D eigenvalue weighted by molar-refractivity contribution is 0.103. The fraction of sp³-hybridized carbons (Fsp3) is 0.350. The molecule has 0 aromatic heterocycles. The summed E-state index contributed by atoms with van der Waals surface area (Å²) in [6, 6.07) is 17.2. The number of aryl methyl sites for hydroxylation is 1. The van der Waals surface area contributed by atoms with Crippen LogP contribution in [0.5, 0.6) is 0 Å². The highest BCUT2D eigenvalue weighted by molar-refractivity contribution is 6.76. The van der Waals surface area contributed by atoms with Crippen LogP contribution in [0.2, 0.25) is 25.7 Å². The maximum absolute atomic E-state index is 12.5. The molecule has 0 N–H and O–H groups in total. The van der Waals surface area contributed by atoms with Gasteiger partial charge in [0.25, 0.3) is 0 Å². The first-order valence-electron chi connectivity index (χ1n) is 8.17. The Balaban J connectivity index is 2.08. The van der Waals surface area contributed by atoms with E-state index in [1.807, 2.05) is 55.4 Å². The van der Waals surface area contributed by atoms with E-state index >= 15 is 0 Å². The zero-order chi connectivity index (χ0) is 17.0. The van der Waals surface area contributed by atoms with Gasteiger partial charge < -0.3 is 4.90 Å². The van der Waals surface area contributed by atoms with Crippen LogP contribution in [0.25, 0.3) is 0 Å². The average Bonchev–Trinajstić information content (AvgIpc) is 2.52. The quantitative estimate of drug-likeness (QED) is 0.558. The molecule has 0 unspecified atom stereocenters. The van der Waals surface area contributed by atoms with Crippen molar-refractivity contribution in [3.05, 3.63) is 65.2 Å². The van der Waals surface area contributed by atoms with Crippen LogP contribution in [0.4, 0.5) is 5.69 Å². The molecule has 0 amide bonds. The van der Waals surface area contributed by atoms with E-state index in [0.717, 1.165) is 23.2 Å². The van der Waals surface area contributed by atoms with E-state index < -0.39 is 8.07 Å². The van der Waals surface area contributed by atoms with Crippen molar-refractivity contribution in [1.29, 1.82) is 0 Å². The standard InChI is InChI=1S/C20H27NOSi/c1-21(2)19-12-10-18(11-13-19)20(22)17-8-6-16(7-9-17)14-15-23(3,4)5/h6-13H,14-15H2,1-5H3. The summed E-state index contributed by atoms with van der Waals surface area (Å²) in [6.07, 6.45) is 1.11. The van der Waals surface area contributed by atoms with E-state index in [9.17, 15) is 4.79 Å². The van der Waals surface area contributed by atoms with Crippen molar-refractivity contribution in [3.63, 3.8) is 0 Å². The zero-order valence-corrected chi connectivity index (χ0v) is 15.9. The molecule has 0 saturated heterocycles. The van der Waals surface area contributed by atoms with Crippen molar-refractivity contribution in [2.45, 2.75) is 32.1 Å². The zero-order valence-electron chi connectivity index (χ0n) is 14.9. The van der Waals surface area contributed by atoms with Gasteiger partial charge in [0, 0.05) is 39.0 Å². The van der Waals surface area contributed by atoms with E-state index in [0.29, 0.717) is 0 Å². The number of nitrogens with zero attached hydrogens (tertiary/aromatic N) is 1. The molecule has 0 spiro atoms. The largest absolute Gasteiger partial charge is 0.378 e. The highest BCUT2D eigenvalue weighted by atomic mass is 28.3. The average molecular weight is 326 g/mol. The number of carbonyl (C=O) groups excluding carboxylic acids is 1. The minimum atomic E-state index is -1.01. The van der Waals surface area contributed by atoms with Crippen LogP contribution in [-0.4, -0.2) is 28.0 Å². The van der Waals surface area contributed by atoms with Gasteiger partial charge in [-0.05, 0) is 36.2 Å². The molecular formula is C20H27NOSi. The smallest absolute Gasteiger partial charge is 0.193 e. The van der Waals surface area contributed by atoms with Crippen molar-refractivity contribution < 1.29 is 4.79 Å². The van der Waals surface area contributed by atoms with Crippen LogP contribution in [0.3, 0.4) is 0 Å². The Morgan fingerprint density at radius 1 is 0.870 bits per heavy atom. The van der Waals surface area contributed by atoms with E-state index in [4.69, 9.17) is 0 Å². The molecule has 0 bridgehead atoms. The third-order valence-electron chi connectivity index (χ3n) is 4.03. The fourth-order valence-electron chi connectivity index (χ4n) is 2.42. The minimum absolute atomic E-state index is 0.0899. The van der Waals surface area contributed by atoms with E-state index in [1.165, 1.54) is 11.6 Å². The molecule has 2 aromatic carbocycles. The number of hydrogen-bond donors (Lipinski definition) is 0. The Hall–Kier alpha value is -1.87. The molecule has 0 radical (unpaired) electrons. The molecule has 2 nitrogen and oxygen atoms in total. The van der Waals surface area contributed by atoms with Gasteiger partial charge in [0.05, 0.1) is 0 Å². The molecule has 0 aliphatic carbocycles. The van der Waals surface area contributed by atoms with Gasteiger partial charge in [-0.15, -0.1) is 0 Å². The topological polar surface area (TPSA) is 20.3 Å². The Morgan fingerprint density at radius 3 is 1.78 bits per heavy atom. The number of ketones is 1. The summed E-state index contributed by atoms with van der Waals surface area (Å²) in [5.74, 6) is 0.0899. The molecule has 2 rings (SSSR count). The maximum Gasteiger partial charge on any atom is 0.193 e. The van der Waals surface area contributed by atoms with E-state index in [2.05, 4.69) is 31.8 Å². The van der Waals surface area contributed by atoms with Crippen LogP contribution >= 0.6 is 0 Å². The van der Waals surface area contributed by atoms with Gasteiger partial charge in [0.15, 0.2) is 5.78 Å². The third kappa shape index (κ3) is 5.07. The second-order valence-electron chi connectivity index (χ2n) is 7.53. The van der Waals surface area contributed by atoms with Crippen molar-refractivity contribution in [2.24, 2.45) is 0 Å². The van der Waals surface area contributed by atoms with E-state index in [1.54, 1.807) is 0 Å². The highest BCUT2D eigenvalue weighted by Gasteiger charge is 2.13. The summed E-state index contributed by atoms with van der Waals surface area (Å²) >= 11 is 0. The predicted molar refractivity (Wildman–Crippen MR) is 103 cm³/mol. The molecule has 0 atom stereocenters. The number of hydrogen-bond acceptors (Lipinski definition) is 2. The Bertz CT molecular complexity index is 652. The summed E-state index contributed by atoms with van der Waals surface area (Å²) in [7, 11) is 2.98. The van der Waals surface area contributed by atoms with Crippen LogP contribution < -0.4 is 4.90 Å². The number of rotatable bonds is 6. The summed E-state index contributed by atoms with van der Waals surface area (Å²) in [6.45, 7) is 7.17.